The number of carbonyl (C=O) groups is 1. The molecular formula is C18H20O3. The molecule has 2 aromatic carbocycles. The lowest BCUT2D eigenvalue weighted by Crippen LogP contribution is -2.36. The van der Waals surface area contributed by atoms with E-state index in [2.05, 4.69) is 0 Å². The summed E-state index contributed by atoms with van der Waals surface area (Å²) in [5.74, 6) is 1.41. The summed E-state index contributed by atoms with van der Waals surface area (Å²) in [6.45, 7) is 3.95. The fraction of sp³-hybridized carbons (Fsp3) is 0.278. The van der Waals surface area contributed by atoms with Crippen molar-refractivity contribution in [2.24, 2.45) is 5.92 Å². The molecule has 0 bridgehead atoms. The van der Waals surface area contributed by atoms with Crippen molar-refractivity contribution in [3.05, 3.63) is 60.7 Å². The second kappa shape index (κ2) is 7.48. The number of para-hydroxylation sites is 2. The van der Waals surface area contributed by atoms with Crippen LogP contribution in [0.1, 0.15) is 13.8 Å². The summed E-state index contributed by atoms with van der Waals surface area (Å²) in [5.41, 5.74) is 0. The summed E-state index contributed by atoms with van der Waals surface area (Å²) < 4.78 is 11.3. The zero-order valence-electron chi connectivity index (χ0n) is 12.4. The first kappa shape index (κ1) is 15.1. The number of hydrogen-bond donors (Lipinski definition) is 0. The molecule has 3 nitrogen and oxygen atoms in total. The molecule has 0 aliphatic rings. The highest BCUT2D eigenvalue weighted by atomic mass is 16.5. The van der Waals surface area contributed by atoms with Gasteiger partial charge in [0.25, 0.3) is 0 Å². The Hall–Kier alpha value is -2.29. The van der Waals surface area contributed by atoms with Crippen LogP contribution in [0.4, 0.5) is 0 Å². The van der Waals surface area contributed by atoms with Gasteiger partial charge < -0.3 is 9.47 Å². The van der Waals surface area contributed by atoms with Gasteiger partial charge in [-0.2, -0.15) is 0 Å². The molecule has 0 aromatic heterocycles. The van der Waals surface area contributed by atoms with Gasteiger partial charge in [-0.25, -0.2) is 0 Å². The molecule has 0 heterocycles. The fourth-order valence-electron chi connectivity index (χ4n) is 1.97. The van der Waals surface area contributed by atoms with E-state index >= 15 is 0 Å². The predicted molar refractivity (Wildman–Crippen MR) is 82.6 cm³/mol. The highest BCUT2D eigenvalue weighted by Crippen LogP contribution is 2.17. The van der Waals surface area contributed by atoms with Crippen LogP contribution < -0.4 is 9.47 Å². The number of hydrogen-bond acceptors (Lipinski definition) is 3. The number of ether oxygens (including phenoxy) is 2. The first-order valence-electron chi connectivity index (χ1n) is 7.09. The maximum absolute atomic E-state index is 12.3. The second-order valence-corrected chi connectivity index (χ2v) is 5.16. The lowest BCUT2D eigenvalue weighted by Gasteiger charge is -2.21. The van der Waals surface area contributed by atoms with E-state index in [9.17, 15) is 4.79 Å². The molecule has 1 atom stereocenters. The van der Waals surface area contributed by atoms with Crippen LogP contribution in [0, 0.1) is 5.92 Å². The molecule has 0 fully saturated rings. The first-order chi connectivity index (χ1) is 10.2. The Labute approximate surface area is 125 Å². The summed E-state index contributed by atoms with van der Waals surface area (Å²) >= 11 is 0. The Morgan fingerprint density at radius 1 is 0.905 bits per heavy atom. The van der Waals surface area contributed by atoms with E-state index in [1.807, 2.05) is 74.5 Å². The second-order valence-electron chi connectivity index (χ2n) is 5.16. The lowest BCUT2D eigenvalue weighted by molar-refractivity contribution is -0.129. The third-order valence-electron chi connectivity index (χ3n) is 3.05. The molecule has 0 saturated carbocycles. The van der Waals surface area contributed by atoms with E-state index < -0.39 is 6.10 Å². The van der Waals surface area contributed by atoms with Crippen LogP contribution in [0.2, 0.25) is 0 Å². The van der Waals surface area contributed by atoms with E-state index in [-0.39, 0.29) is 18.3 Å². The summed E-state index contributed by atoms with van der Waals surface area (Å²) in [6, 6.07) is 18.7. The number of rotatable bonds is 7. The van der Waals surface area contributed by atoms with E-state index in [1.165, 1.54) is 0 Å². The van der Waals surface area contributed by atoms with Gasteiger partial charge in [0.05, 0.1) is 0 Å². The Morgan fingerprint density at radius 2 is 1.43 bits per heavy atom. The zero-order valence-corrected chi connectivity index (χ0v) is 12.4. The quantitative estimate of drug-likeness (QED) is 0.777. The molecule has 0 amide bonds. The van der Waals surface area contributed by atoms with Crippen LogP contribution in [-0.2, 0) is 4.79 Å². The van der Waals surface area contributed by atoms with Gasteiger partial charge in [-0.3, -0.25) is 4.79 Å². The van der Waals surface area contributed by atoms with Crippen LogP contribution in [0.25, 0.3) is 0 Å². The van der Waals surface area contributed by atoms with E-state index in [1.54, 1.807) is 0 Å². The van der Waals surface area contributed by atoms with E-state index in [0.717, 1.165) is 0 Å². The first-order valence-corrected chi connectivity index (χ1v) is 7.09. The van der Waals surface area contributed by atoms with Gasteiger partial charge >= 0.3 is 0 Å². The van der Waals surface area contributed by atoms with E-state index in [4.69, 9.17) is 9.47 Å². The van der Waals surface area contributed by atoms with Crippen molar-refractivity contribution < 1.29 is 14.3 Å². The Balaban J connectivity index is 1.96. The molecule has 110 valence electrons. The number of benzene rings is 2. The molecule has 1 unspecified atom stereocenters. The van der Waals surface area contributed by atoms with Gasteiger partial charge in [-0.1, -0.05) is 50.2 Å². The summed E-state index contributed by atoms with van der Waals surface area (Å²) in [7, 11) is 0. The highest BCUT2D eigenvalue weighted by molar-refractivity contribution is 5.85. The number of Topliss-reactive ketones (excluding diaryl/α,β-unsaturated/α-hetero) is 1. The molecule has 21 heavy (non-hydrogen) atoms. The predicted octanol–water partition coefficient (Wildman–Crippen LogP) is 3.74. The Bertz CT molecular complexity index is 549. The summed E-state index contributed by atoms with van der Waals surface area (Å²) in [5, 5.41) is 0. The van der Waals surface area contributed by atoms with Crippen molar-refractivity contribution >= 4 is 5.78 Å². The normalized spacial score (nSPS) is 12.0. The fourth-order valence-corrected chi connectivity index (χ4v) is 1.97. The average Bonchev–Trinajstić information content (AvgIpc) is 2.52. The van der Waals surface area contributed by atoms with Crippen molar-refractivity contribution in [1.29, 1.82) is 0 Å². The topological polar surface area (TPSA) is 35.5 Å². The molecule has 0 aliphatic heterocycles. The molecule has 2 rings (SSSR count). The van der Waals surface area contributed by atoms with E-state index in [0.29, 0.717) is 11.5 Å². The van der Waals surface area contributed by atoms with Crippen LogP contribution in [-0.4, -0.2) is 18.5 Å². The number of ketones is 1. The van der Waals surface area contributed by atoms with Crippen molar-refractivity contribution in [2.75, 3.05) is 6.61 Å². The molecule has 0 aliphatic carbocycles. The van der Waals surface area contributed by atoms with Crippen LogP contribution in [0.5, 0.6) is 11.5 Å². The smallest absolute Gasteiger partial charge is 0.210 e. The minimum absolute atomic E-state index is 0.0136. The van der Waals surface area contributed by atoms with Gasteiger partial charge in [0.2, 0.25) is 5.78 Å². The standard InChI is InChI=1S/C18H20O3/c1-14(2)18(21-16-11-7-4-8-12-16)17(19)13-20-15-9-5-3-6-10-15/h3-12,14,18H,13H2,1-2H3. The molecule has 0 radical (unpaired) electrons. The third kappa shape index (κ3) is 4.63. The van der Waals surface area contributed by atoms with Gasteiger partial charge in [-0.15, -0.1) is 0 Å². The maximum Gasteiger partial charge on any atom is 0.210 e. The summed E-state index contributed by atoms with van der Waals surface area (Å²) in [6.07, 6.45) is -0.504. The minimum atomic E-state index is -0.504. The van der Waals surface area contributed by atoms with Gasteiger partial charge in [-0.05, 0) is 30.2 Å². The molecule has 0 spiro atoms. The monoisotopic (exact) mass is 284 g/mol. The highest BCUT2D eigenvalue weighted by Gasteiger charge is 2.24. The SMILES string of the molecule is CC(C)C(Oc1ccccc1)C(=O)COc1ccccc1. The van der Waals surface area contributed by atoms with Gasteiger partial charge in [0.1, 0.15) is 11.5 Å². The van der Waals surface area contributed by atoms with Crippen molar-refractivity contribution in [2.45, 2.75) is 20.0 Å². The van der Waals surface area contributed by atoms with Crippen LogP contribution in [0.3, 0.4) is 0 Å². The lowest BCUT2D eigenvalue weighted by atomic mass is 10.0. The molecular weight excluding hydrogens is 264 g/mol. The van der Waals surface area contributed by atoms with Crippen molar-refractivity contribution in [3.8, 4) is 11.5 Å². The van der Waals surface area contributed by atoms with Gasteiger partial charge in [0.15, 0.2) is 12.7 Å². The minimum Gasteiger partial charge on any atom is -0.486 e. The van der Waals surface area contributed by atoms with Gasteiger partial charge in [0, 0.05) is 0 Å². The van der Waals surface area contributed by atoms with Crippen LogP contribution in [0.15, 0.2) is 60.7 Å². The maximum atomic E-state index is 12.3. The molecule has 2 aromatic rings. The van der Waals surface area contributed by atoms with Crippen molar-refractivity contribution in [1.82, 2.24) is 0 Å². The third-order valence-corrected chi connectivity index (χ3v) is 3.05. The van der Waals surface area contributed by atoms with Crippen LogP contribution >= 0.6 is 0 Å². The molecule has 0 N–H and O–H groups in total. The molecule has 3 heteroatoms. The summed E-state index contributed by atoms with van der Waals surface area (Å²) in [4.78, 5) is 12.3. The number of carbonyl (C=O) groups excluding carboxylic acids is 1. The average molecular weight is 284 g/mol. The van der Waals surface area contributed by atoms with Crippen molar-refractivity contribution in [3.63, 3.8) is 0 Å². The zero-order chi connectivity index (χ0) is 15.1. The Morgan fingerprint density at radius 3 is 1.95 bits per heavy atom. The Kier molecular flexibility index (Phi) is 5.38. The molecule has 0 saturated heterocycles. The largest absolute Gasteiger partial charge is 0.486 e.